The van der Waals surface area contributed by atoms with E-state index in [1.165, 1.54) is 7.11 Å². The summed E-state index contributed by atoms with van der Waals surface area (Å²) in [5.41, 5.74) is 5.06. The van der Waals surface area contributed by atoms with Crippen LogP contribution in [0.1, 0.15) is 6.92 Å². The summed E-state index contributed by atoms with van der Waals surface area (Å²) in [5, 5.41) is 0. The maximum atomic E-state index is 5.06. The zero-order valence-corrected chi connectivity index (χ0v) is 3.97. The van der Waals surface area contributed by atoms with Crippen molar-refractivity contribution in [2.75, 3.05) is 7.11 Å². The molecule has 6 heavy (non-hydrogen) atoms. The average molecular weight is 91.1 g/mol. The Morgan fingerprint density at radius 2 is 2.17 bits per heavy atom. The van der Waals surface area contributed by atoms with Gasteiger partial charge in [-0.2, -0.15) is 0 Å². The van der Waals surface area contributed by atoms with Crippen molar-refractivity contribution in [3.8, 4) is 0 Å². The molecule has 0 amide bonds. The first-order chi connectivity index (χ1) is 2.77. The maximum Gasteiger partial charge on any atom is 0.138 e. The van der Waals surface area contributed by atoms with E-state index in [1.54, 1.807) is 6.92 Å². The van der Waals surface area contributed by atoms with Gasteiger partial charge in [-0.15, -0.1) is 0 Å². The fourth-order valence-corrected chi connectivity index (χ4v) is 0.152. The van der Waals surface area contributed by atoms with Crippen LogP contribution in [0.25, 0.3) is 0 Å². The van der Waals surface area contributed by atoms with Gasteiger partial charge in [0, 0.05) is 0 Å². The summed E-state index contributed by atoms with van der Waals surface area (Å²) in [5.74, 6) is 0. The van der Waals surface area contributed by atoms with Crippen molar-refractivity contribution < 1.29 is 9.78 Å². The van der Waals surface area contributed by atoms with Gasteiger partial charge in [-0.1, -0.05) is 0 Å². The van der Waals surface area contributed by atoms with Crippen LogP contribution in [0.2, 0.25) is 0 Å². The molecule has 0 rings (SSSR count). The molecule has 0 saturated heterocycles. The quantitative estimate of drug-likeness (QED) is 0.292. The van der Waals surface area contributed by atoms with E-state index < -0.39 is 0 Å². The zero-order valence-electron chi connectivity index (χ0n) is 3.97. The smallest absolute Gasteiger partial charge is 0.138 e. The van der Waals surface area contributed by atoms with E-state index in [4.69, 9.17) is 5.73 Å². The Balaban J connectivity index is 2.63. The van der Waals surface area contributed by atoms with Gasteiger partial charge in [0.1, 0.15) is 6.23 Å². The van der Waals surface area contributed by atoms with Gasteiger partial charge < -0.3 is 5.73 Å². The maximum absolute atomic E-state index is 5.06. The van der Waals surface area contributed by atoms with Crippen LogP contribution in [0, 0.1) is 0 Å². The van der Waals surface area contributed by atoms with Crippen molar-refractivity contribution in [1.82, 2.24) is 0 Å². The van der Waals surface area contributed by atoms with Gasteiger partial charge in [0.05, 0.1) is 7.11 Å². The highest BCUT2D eigenvalue weighted by atomic mass is 17.2. The minimum atomic E-state index is -0.324. The van der Waals surface area contributed by atoms with Crippen molar-refractivity contribution in [2.24, 2.45) is 5.73 Å². The number of nitrogens with two attached hydrogens (primary N) is 1. The summed E-state index contributed by atoms with van der Waals surface area (Å²) in [4.78, 5) is 8.50. The Bertz CT molecular complexity index is 30.0. The normalized spacial score (nSPS) is 14.5. The Kier molecular flexibility index (Phi) is 3.02. The van der Waals surface area contributed by atoms with Crippen LogP contribution in [0.3, 0.4) is 0 Å². The molecule has 0 aliphatic carbocycles. The summed E-state index contributed by atoms with van der Waals surface area (Å²) in [6.45, 7) is 1.68. The molecule has 0 unspecified atom stereocenters. The first kappa shape index (κ1) is 5.88. The predicted octanol–water partition coefficient (Wildman–Crippen LogP) is -0.131. The molecule has 1 atom stereocenters. The molecule has 0 fully saturated rings. The minimum absolute atomic E-state index is 0.324. The van der Waals surface area contributed by atoms with Crippen molar-refractivity contribution in [3.05, 3.63) is 0 Å². The molecule has 2 N–H and O–H groups in total. The zero-order chi connectivity index (χ0) is 4.99. The van der Waals surface area contributed by atoms with Crippen molar-refractivity contribution >= 4 is 0 Å². The highest BCUT2D eigenvalue weighted by Gasteiger charge is 1.85. The summed E-state index contributed by atoms with van der Waals surface area (Å²) in [7, 11) is 1.42. The van der Waals surface area contributed by atoms with Crippen molar-refractivity contribution in [3.63, 3.8) is 0 Å². The van der Waals surface area contributed by atoms with Crippen LogP contribution in [-0.4, -0.2) is 13.3 Å². The first-order valence-electron chi connectivity index (χ1n) is 1.72. The number of hydrogen-bond donors (Lipinski definition) is 1. The molecule has 0 aliphatic rings. The van der Waals surface area contributed by atoms with Gasteiger partial charge in [-0.3, -0.25) is 0 Å². The number of rotatable bonds is 2. The summed E-state index contributed by atoms with van der Waals surface area (Å²) < 4.78 is 0. The van der Waals surface area contributed by atoms with Crippen LogP contribution < -0.4 is 5.73 Å². The Labute approximate surface area is 37.0 Å². The molecule has 3 heteroatoms. The van der Waals surface area contributed by atoms with Gasteiger partial charge in [0.2, 0.25) is 0 Å². The van der Waals surface area contributed by atoms with E-state index in [1.807, 2.05) is 0 Å². The van der Waals surface area contributed by atoms with Gasteiger partial charge in [0.25, 0.3) is 0 Å². The molecule has 0 aliphatic heterocycles. The Morgan fingerprint density at radius 1 is 1.67 bits per heavy atom. The lowest BCUT2D eigenvalue weighted by Gasteiger charge is -1.99. The van der Waals surface area contributed by atoms with Crippen LogP contribution in [-0.2, 0) is 9.78 Å². The van der Waals surface area contributed by atoms with Crippen molar-refractivity contribution in [1.29, 1.82) is 0 Å². The van der Waals surface area contributed by atoms with Crippen LogP contribution in [0.4, 0.5) is 0 Å². The monoisotopic (exact) mass is 91.1 g/mol. The third kappa shape index (κ3) is 3.88. The molecule has 0 saturated carbocycles. The number of hydrogen-bond acceptors (Lipinski definition) is 3. The largest absolute Gasteiger partial charge is 0.304 e. The molecule has 0 spiro atoms. The topological polar surface area (TPSA) is 44.5 Å². The molecule has 0 radical (unpaired) electrons. The average Bonchev–Trinajstić information content (AvgIpc) is 1.35. The molecule has 3 nitrogen and oxygen atoms in total. The lowest BCUT2D eigenvalue weighted by atomic mass is 10.7. The van der Waals surface area contributed by atoms with E-state index in [-0.39, 0.29) is 6.23 Å². The molecule has 0 heterocycles. The van der Waals surface area contributed by atoms with Crippen LogP contribution in [0.15, 0.2) is 0 Å². The third-order valence-corrected chi connectivity index (χ3v) is 0.248. The molecule has 0 aromatic rings. The Hall–Kier alpha value is -0.120. The lowest BCUT2D eigenvalue weighted by molar-refractivity contribution is -0.299. The van der Waals surface area contributed by atoms with Crippen LogP contribution in [0.5, 0.6) is 0 Å². The van der Waals surface area contributed by atoms with E-state index in [0.717, 1.165) is 0 Å². The second-order valence-electron chi connectivity index (χ2n) is 0.968. The lowest BCUT2D eigenvalue weighted by Crippen LogP contribution is -2.17. The second-order valence-corrected chi connectivity index (χ2v) is 0.968. The van der Waals surface area contributed by atoms with Crippen LogP contribution >= 0.6 is 0 Å². The van der Waals surface area contributed by atoms with Crippen molar-refractivity contribution in [2.45, 2.75) is 13.2 Å². The molecular weight excluding hydrogens is 82.0 g/mol. The van der Waals surface area contributed by atoms with E-state index in [2.05, 4.69) is 9.78 Å². The van der Waals surface area contributed by atoms with E-state index >= 15 is 0 Å². The fourth-order valence-electron chi connectivity index (χ4n) is 0.152. The minimum Gasteiger partial charge on any atom is -0.304 e. The molecule has 38 valence electrons. The molecule has 0 aromatic carbocycles. The van der Waals surface area contributed by atoms with Gasteiger partial charge >= 0.3 is 0 Å². The molecular formula is C3H9NO2. The predicted molar refractivity (Wildman–Crippen MR) is 21.7 cm³/mol. The molecule has 0 aromatic heterocycles. The first-order valence-corrected chi connectivity index (χ1v) is 1.72. The molecule has 0 bridgehead atoms. The third-order valence-electron chi connectivity index (χ3n) is 0.248. The standard InChI is InChI=1S/C3H9NO2/c1-3(4)6-5-2/h3H,4H2,1-2H3/t3-/m1/s1. The summed E-state index contributed by atoms with van der Waals surface area (Å²) >= 11 is 0. The summed E-state index contributed by atoms with van der Waals surface area (Å²) in [6.07, 6.45) is -0.324. The van der Waals surface area contributed by atoms with Gasteiger partial charge in [-0.25, -0.2) is 9.78 Å². The van der Waals surface area contributed by atoms with E-state index in [0.29, 0.717) is 0 Å². The van der Waals surface area contributed by atoms with E-state index in [9.17, 15) is 0 Å². The van der Waals surface area contributed by atoms with Gasteiger partial charge in [-0.05, 0) is 6.92 Å². The highest BCUT2D eigenvalue weighted by Crippen LogP contribution is 1.75. The highest BCUT2D eigenvalue weighted by molar-refractivity contribution is 4.20. The second kappa shape index (κ2) is 3.08. The SMILES string of the molecule is COO[C@H](C)N. The fraction of sp³-hybridized carbons (Fsp3) is 1.00. The summed E-state index contributed by atoms with van der Waals surface area (Å²) in [6, 6.07) is 0. The Morgan fingerprint density at radius 3 is 2.17 bits per heavy atom. The van der Waals surface area contributed by atoms with Gasteiger partial charge in [0.15, 0.2) is 0 Å².